The second kappa shape index (κ2) is 7.04. The average molecular weight is 321 g/mol. The number of hydrogen-bond acceptors (Lipinski definition) is 4. The zero-order chi connectivity index (χ0) is 16.1. The van der Waals surface area contributed by atoms with Crippen molar-refractivity contribution >= 4 is 28.9 Å². The zero-order valence-corrected chi connectivity index (χ0v) is 13.1. The molecule has 0 atom stereocenters. The third-order valence-electron chi connectivity index (χ3n) is 3.01. The van der Waals surface area contributed by atoms with Gasteiger partial charge in [0.2, 0.25) is 0 Å². The number of nitrogen functional groups attached to an aromatic ring is 1. The summed E-state index contributed by atoms with van der Waals surface area (Å²) >= 11 is 5.87. The van der Waals surface area contributed by atoms with E-state index in [9.17, 15) is 4.79 Å². The van der Waals surface area contributed by atoms with Gasteiger partial charge >= 0.3 is 0 Å². The van der Waals surface area contributed by atoms with Gasteiger partial charge in [0.25, 0.3) is 5.91 Å². The Morgan fingerprint density at radius 2 is 1.95 bits per heavy atom. The van der Waals surface area contributed by atoms with Gasteiger partial charge < -0.3 is 20.5 Å². The molecule has 6 heteroatoms. The van der Waals surface area contributed by atoms with Crippen molar-refractivity contribution in [1.82, 2.24) is 0 Å². The van der Waals surface area contributed by atoms with Crippen LogP contribution in [0.15, 0.2) is 36.4 Å². The molecule has 0 heterocycles. The zero-order valence-electron chi connectivity index (χ0n) is 12.4. The lowest BCUT2D eigenvalue weighted by atomic mass is 10.2. The van der Waals surface area contributed by atoms with Gasteiger partial charge in [-0.05, 0) is 48.9 Å². The van der Waals surface area contributed by atoms with Gasteiger partial charge in [-0.25, -0.2) is 0 Å². The fraction of sp³-hybridized carbons (Fsp3) is 0.188. The van der Waals surface area contributed by atoms with Gasteiger partial charge in [-0.2, -0.15) is 0 Å². The van der Waals surface area contributed by atoms with Crippen LogP contribution < -0.4 is 20.5 Å². The number of nitrogens with one attached hydrogen (secondary N) is 1. The summed E-state index contributed by atoms with van der Waals surface area (Å²) in [5.41, 5.74) is 7.69. The van der Waals surface area contributed by atoms with E-state index in [0.717, 1.165) is 5.56 Å². The Hall–Kier alpha value is -2.40. The highest BCUT2D eigenvalue weighted by atomic mass is 35.5. The van der Waals surface area contributed by atoms with Crippen LogP contribution in [-0.4, -0.2) is 19.6 Å². The highest BCUT2D eigenvalue weighted by molar-refractivity contribution is 6.30. The first-order chi connectivity index (χ1) is 10.5. The van der Waals surface area contributed by atoms with E-state index < -0.39 is 0 Å². The summed E-state index contributed by atoms with van der Waals surface area (Å²) in [5.74, 6) is 0.902. The van der Waals surface area contributed by atoms with Crippen molar-refractivity contribution in [2.24, 2.45) is 0 Å². The van der Waals surface area contributed by atoms with Gasteiger partial charge in [0.1, 0.15) is 11.5 Å². The molecule has 0 fully saturated rings. The summed E-state index contributed by atoms with van der Waals surface area (Å²) in [5, 5.41) is 3.34. The Bertz CT molecular complexity index is 689. The van der Waals surface area contributed by atoms with Gasteiger partial charge in [0.15, 0.2) is 6.61 Å². The minimum atomic E-state index is -0.279. The van der Waals surface area contributed by atoms with Gasteiger partial charge in [-0.3, -0.25) is 4.79 Å². The molecule has 0 radical (unpaired) electrons. The number of aryl methyl sites for hydroxylation is 1. The summed E-state index contributed by atoms with van der Waals surface area (Å²) in [7, 11) is 1.53. The number of benzene rings is 2. The van der Waals surface area contributed by atoms with Crippen LogP contribution in [0.25, 0.3) is 0 Å². The normalized spacial score (nSPS) is 10.1. The number of nitrogens with two attached hydrogens (primary N) is 1. The van der Waals surface area contributed by atoms with Crippen LogP contribution in [0.5, 0.6) is 11.5 Å². The smallest absolute Gasteiger partial charge is 0.262 e. The molecular weight excluding hydrogens is 304 g/mol. The van der Waals surface area contributed by atoms with E-state index in [4.69, 9.17) is 26.8 Å². The Kier molecular flexibility index (Phi) is 5.12. The fourth-order valence-corrected chi connectivity index (χ4v) is 2.15. The van der Waals surface area contributed by atoms with E-state index >= 15 is 0 Å². The molecule has 0 spiro atoms. The molecule has 2 aromatic carbocycles. The van der Waals surface area contributed by atoms with Crippen molar-refractivity contribution in [3.8, 4) is 11.5 Å². The summed E-state index contributed by atoms with van der Waals surface area (Å²) in [6.07, 6.45) is 0. The number of carbonyl (C=O) groups is 1. The van der Waals surface area contributed by atoms with E-state index in [-0.39, 0.29) is 12.5 Å². The van der Waals surface area contributed by atoms with E-state index in [1.54, 1.807) is 36.4 Å². The van der Waals surface area contributed by atoms with Crippen LogP contribution in [0.2, 0.25) is 5.02 Å². The molecule has 2 aromatic rings. The van der Waals surface area contributed by atoms with Crippen molar-refractivity contribution in [1.29, 1.82) is 0 Å². The number of anilines is 2. The number of hydrogen-bond donors (Lipinski definition) is 2. The number of halogens is 1. The molecule has 0 aliphatic carbocycles. The summed E-state index contributed by atoms with van der Waals surface area (Å²) in [6, 6.07) is 10.3. The lowest BCUT2D eigenvalue weighted by Crippen LogP contribution is -2.20. The third kappa shape index (κ3) is 4.05. The number of methoxy groups -OCH3 is 1. The van der Waals surface area contributed by atoms with Crippen LogP contribution in [0.4, 0.5) is 11.4 Å². The Morgan fingerprint density at radius 1 is 1.23 bits per heavy atom. The molecule has 1 amide bonds. The maximum atomic E-state index is 11.9. The van der Waals surface area contributed by atoms with Crippen LogP contribution in [-0.2, 0) is 4.79 Å². The predicted octanol–water partition coefficient (Wildman–Crippen LogP) is 3.26. The maximum Gasteiger partial charge on any atom is 0.262 e. The Morgan fingerprint density at radius 3 is 2.59 bits per heavy atom. The SMILES string of the molecule is COc1ccc(NC(=O)COc2ccc(Cl)cc2C)cc1N. The molecule has 0 aliphatic heterocycles. The third-order valence-corrected chi connectivity index (χ3v) is 3.24. The predicted molar refractivity (Wildman–Crippen MR) is 87.7 cm³/mol. The van der Waals surface area contributed by atoms with Gasteiger partial charge in [0, 0.05) is 10.7 Å². The molecule has 0 aliphatic rings. The van der Waals surface area contributed by atoms with Crippen molar-refractivity contribution in [2.75, 3.05) is 24.8 Å². The van der Waals surface area contributed by atoms with E-state index in [1.807, 2.05) is 6.92 Å². The molecule has 22 heavy (non-hydrogen) atoms. The van der Waals surface area contributed by atoms with Gasteiger partial charge in [-0.15, -0.1) is 0 Å². The quantitative estimate of drug-likeness (QED) is 0.829. The molecule has 0 saturated carbocycles. The van der Waals surface area contributed by atoms with Crippen LogP contribution in [0, 0.1) is 6.92 Å². The minimum absolute atomic E-state index is 0.103. The molecule has 116 valence electrons. The van der Waals surface area contributed by atoms with Crippen molar-refractivity contribution in [3.63, 3.8) is 0 Å². The van der Waals surface area contributed by atoms with Crippen molar-refractivity contribution in [2.45, 2.75) is 6.92 Å². The first kappa shape index (κ1) is 16.0. The lowest BCUT2D eigenvalue weighted by molar-refractivity contribution is -0.118. The maximum absolute atomic E-state index is 11.9. The standard InChI is InChI=1S/C16H17ClN2O3/c1-10-7-11(17)3-5-14(10)22-9-16(20)19-12-4-6-15(21-2)13(18)8-12/h3-8H,9,18H2,1-2H3,(H,19,20). The first-order valence-electron chi connectivity index (χ1n) is 6.62. The highest BCUT2D eigenvalue weighted by Crippen LogP contribution is 2.25. The molecule has 0 unspecified atom stereocenters. The second-order valence-electron chi connectivity index (χ2n) is 4.70. The van der Waals surface area contributed by atoms with E-state index in [1.165, 1.54) is 7.11 Å². The molecule has 3 N–H and O–H groups in total. The molecule has 2 rings (SSSR count). The minimum Gasteiger partial charge on any atom is -0.495 e. The lowest BCUT2D eigenvalue weighted by Gasteiger charge is -2.11. The number of amides is 1. The summed E-state index contributed by atoms with van der Waals surface area (Å²) in [6.45, 7) is 1.76. The van der Waals surface area contributed by atoms with E-state index in [2.05, 4.69) is 5.32 Å². The average Bonchev–Trinajstić information content (AvgIpc) is 2.46. The Labute approximate surface area is 134 Å². The van der Waals surface area contributed by atoms with Crippen molar-refractivity contribution in [3.05, 3.63) is 47.0 Å². The molecule has 0 bridgehead atoms. The number of carbonyl (C=O) groups excluding carboxylic acids is 1. The van der Waals surface area contributed by atoms with Gasteiger partial charge in [0.05, 0.1) is 12.8 Å². The fourth-order valence-electron chi connectivity index (χ4n) is 1.93. The van der Waals surface area contributed by atoms with E-state index in [0.29, 0.717) is 27.9 Å². The summed E-state index contributed by atoms with van der Waals surface area (Å²) < 4.78 is 10.5. The van der Waals surface area contributed by atoms with Crippen LogP contribution in [0.3, 0.4) is 0 Å². The Balaban J connectivity index is 1.94. The number of ether oxygens (including phenoxy) is 2. The van der Waals surface area contributed by atoms with Crippen LogP contribution >= 0.6 is 11.6 Å². The number of rotatable bonds is 5. The molecular formula is C16H17ClN2O3. The van der Waals surface area contributed by atoms with Gasteiger partial charge in [-0.1, -0.05) is 11.6 Å². The van der Waals surface area contributed by atoms with Crippen LogP contribution in [0.1, 0.15) is 5.56 Å². The monoisotopic (exact) mass is 320 g/mol. The largest absolute Gasteiger partial charge is 0.495 e. The molecule has 5 nitrogen and oxygen atoms in total. The molecule has 0 aromatic heterocycles. The molecule has 0 saturated heterocycles. The first-order valence-corrected chi connectivity index (χ1v) is 6.99. The topological polar surface area (TPSA) is 73.6 Å². The van der Waals surface area contributed by atoms with Crippen molar-refractivity contribution < 1.29 is 14.3 Å². The summed E-state index contributed by atoms with van der Waals surface area (Å²) in [4.78, 5) is 11.9. The second-order valence-corrected chi connectivity index (χ2v) is 5.14. The highest BCUT2D eigenvalue weighted by Gasteiger charge is 2.07.